The number of pyridine rings is 2. The first-order valence-electron chi connectivity index (χ1n) is 6.55. The van der Waals surface area contributed by atoms with Crippen molar-refractivity contribution in [1.82, 2.24) is 9.97 Å². The number of hydrogen-bond donors (Lipinski definition) is 1. The van der Waals surface area contributed by atoms with Crippen LogP contribution < -0.4 is 15.5 Å². The van der Waals surface area contributed by atoms with Crippen LogP contribution in [0, 0.1) is 0 Å². The smallest absolute Gasteiger partial charge is 0.151 e. The SMILES string of the molecule is Nc1cccnc1N1CCN(c2ccncc2Br)CC1. The van der Waals surface area contributed by atoms with Gasteiger partial charge in [0, 0.05) is 44.8 Å². The summed E-state index contributed by atoms with van der Waals surface area (Å²) in [7, 11) is 0. The number of anilines is 3. The van der Waals surface area contributed by atoms with Gasteiger partial charge in [-0.15, -0.1) is 0 Å². The summed E-state index contributed by atoms with van der Waals surface area (Å²) < 4.78 is 1.03. The number of halogens is 1. The Morgan fingerprint density at radius 3 is 2.50 bits per heavy atom. The molecule has 1 saturated heterocycles. The van der Waals surface area contributed by atoms with Crippen molar-refractivity contribution in [2.75, 3.05) is 41.7 Å². The number of nitrogens with zero attached hydrogens (tertiary/aromatic N) is 4. The van der Waals surface area contributed by atoms with E-state index >= 15 is 0 Å². The minimum atomic E-state index is 0.742. The van der Waals surface area contributed by atoms with Crippen molar-refractivity contribution in [1.29, 1.82) is 0 Å². The predicted molar refractivity (Wildman–Crippen MR) is 85.0 cm³/mol. The molecule has 0 atom stereocenters. The van der Waals surface area contributed by atoms with Gasteiger partial charge >= 0.3 is 0 Å². The average Bonchev–Trinajstić information content (AvgIpc) is 2.49. The van der Waals surface area contributed by atoms with Crippen LogP contribution in [0.2, 0.25) is 0 Å². The third-order valence-electron chi connectivity index (χ3n) is 3.49. The molecular weight excluding hydrogens is 318 g/mol. The van der Waals surface area contributed by atoms with Crippen molar-refractivity contribution in [3.05, 3.63) is 41.3 Å². The molecular formula is C14H16BrN5. The van der Waals surface area contributed by atoms with Gasteiger partial charge in [-0.1, -0.05) is 0 Å². The number of piperazine rings is 1. The summed E-state index contributed by atoms with van der Waals surface area (Å²) in [5.41, 5.74) is 7.92. The zero-order valence-corrected chi connectivity index (χ0v) is 12.6. The molecule has 0 aromatic carbocycles. The van der Waals surface area contributed by atoms with Gasteiger partial charge < -0.3 is 15.5 Å². The Morgan fingerprint density at radius 2 is 1.80 bits per heavy atom. The van der Waals surface area contributed by atoms with Gasteiger partial charge in [0.05, 0.1) is 15.8 Å². The van der Waals surface area contributed by atoms with Gasteiger partial charge in [0.25, 0.3) is 0 Å². The highest BCUT2D eigenvalue weighted by Gasteiger charge is 2.20. The summed E-state index contributed by atoms with van der Waals surface area (Å²) in [6.07, 6.45) is 5.44. The van der Waals surface area contributed by atoms with Crippen LogP contribution in [0.4, 0.5) is 17.2 Å². The summed E-state index contributed by atoms with van der Waals surface area (Å²) in [4.78, 5) is 13.1. The highest BCUT2D eigenvalue weighted by molar-refractivity contribution is 9.10. The van der Waals surface area contributed by atoms with E-state index in [9.17, 15) is 0 Å². The number of aromatic nitrogens is 2. The van der Waals surface area contributed by atoms with Crippen molar-refractivity contribution < 1.29 is 0 Å². The quantitative estimate of drug-likeness (QED) is 0.912. The summed E-state index contributed by atoms with van der Waals surface area (Å²) in [5.74, 6) is 0.890. The molecule has 0 bridgehead atoms. The Kier molecular flexibility index (Phi) is 3.73. The summed E-state index contributed by atoms with van der Waals surface area (Å²) >= 11 is 3.55. The summed E-state index contributed by atoms with van der Waals surface area (Å²) in [6, 6.07) is 5.80. The van der Waals surface area contributed by atoms with Gasteiger partial charge in [-0.25, -0.2) is 4.98 Å². The number of nitrogens with two attached hydrogens (primary N) is 1. The van der Waals surface area contributed by atoms with E-state index < -0.39 is 0 Å². The van der Waals surface area contributed by atoms with E-state index in [-0.39, 0.29) is 0 Å². The lowest BCUT2D eigenvalue weighted by molar-refractivity contribution is 0.647. The number of rotatable bonds is 2. The standard InChI is InChI=1S/C14H16BrN5/c15-11-10-17-5-3-13(11)19-6-8-20(9-7-19)14-12(16)2-1-4-18-14/h1-5,10H,6-9,16H2. The molecule has 2 aromatic rings. The lowest BCUT2D eigenvalue weighted by Crippen LogP contribution is -2.47. The lowest BCUT2D eigenvalue weighted by atomic mass is 10.2. The Hall–Kier alpha value is -1.82. The fourth-order valence-corrected chi connectivity index (χ4v) is 2.96. The maximum absolute atomic E-state index is 5.99. The van der Waals surface area contributed by atoms with Gasteiger partial charge in [0.1, 0.15) is 0 Å². The second-order valence-corrected chi connectivity index (χ2v) is 5.57. The third kappa shape index (κ3) is 2.56. The van der Waals surface area contributed by atoms with Crippen LogP contribution in [0.1, 0.15) is 0 Å². The van der Waals surface area contributed by atoms with Gasteiger partial charge in [-0.2, -0.15) is 0 Å². The highest BCUT2D eigenvalue weighted by Crippen LogP contribution is 2.27. The number of nitrogen functional groups attached to an aromatic ring is 1. The van der Waals surface area contributed by atoms with Crippen molar-refractivity contribution in [3.8, 4) is 0 Å². The van der Waals surface area contributed by atoms with E-state index in [1.165, 1.54) is 5.69 Å². The molecule has 5 nitrogen and oxygen atoms in total. The zero-order valence-electron chi connectivity index (χ0n) is 11.0. The molecule has 0 saturated carbocycles. The minimum absolute atomic E-state index is 0.742. The summed E-state index contributed by atoms with van der Waals surface area (Å²) in [6.45, 7) is 3.71. The van der Waals surface area contributed by atoms with E-state index in [4.69, 9.17) is 5.73 Å². The van der Waals surface area contributed by atoms with E-state index in [2.05, 4.69) is 35.7 Å². The molecule has 6 heteroatoms. The minimum Gasteiger partial charge on any atom is -0.396 e. The van der Waals surface area contributed by atoms with Gasteiger partial charge in [0.15, 0.2) is 5.82 Å². The Balaban J connectivity index is 1.72. The zero-order chi connectivity index (χ0) is 13.9. The molecule has 2 N–H and O–H groups in total. The predicted octanol–water partition coefficient (Wildman–Crippen LogP) is 2.15. The fourth-order valence-electron chi connectivity index (χ4n) is 2.46. The molecule has 2 aromatic heterocycles. The largest absolute Gasteiger partial charge is 0.396 e. The van der Waals surface area contributed by atoms with E-state index in [0.29, 0.717) is 0 Å². The molecule has 1 aliphatic rings. The molecule has 3 heterocycles. The third-order valence-corrected chi connectivity index (χ3v) is 4.10. The van der Waals surface area contributed by atoms with E-state index in [1.807, 2.05) is 30.6 Å². The highest BCUT2D eigenvalue weighted by atomic mass is 79.9. The first-order valence-corrected chi connectivity index (χ1v) is 7.35. The van der Waals surface area contributed by atoms with Crippen molar-refractivity contribution in [2.24, 2.45) is 0 Å². The molecule has 0 spiro atoms. The summed E-state index contributed by atoms with van der Waals surface area (Å²) in [5, 5.41) is 0. The van der Waals surface area contributed by atoms with Crippen molar-refractivity contribution >= 4 is 33.1 Å². The van der Waals surface area contributed by atoms with E-state index in [1.54, 1.807) is 6.20 Å². The number of hydrogen-bond acceptors (Lipinski definition) is 5. The van der Waals surface area contributed by atoms with E-state index in [0.717, 1.165) is 42.2 Å². The lowest BCUT2D eigenvalue weighted by Gasteiger charge is -2.37. The van der Waals surface area contributed by atoms with Crippen LogP contribution in [0.5, 0.6) is 0 Å². The first kappa shape index (κ1) is 13.2. The average molecular weight is 334 g/mol. The fraction of sp³-hybridized carbons (Fsp3) is 0.286. The van der Waals surface area contributed by atoms with Crippen LogP contribution in [0.3, 0.4) is 0 Å². The Bertz CT molecular complexity index is 542. The van der Waals surface area contributed by atoms with Crippen molar-refractivity contribution in [2.45, 2.75) is 0 Å². The molecule has 0 unspecified atom stereocenters. The second kappa shape index (κ2) is 5.66. The normalized spacial score (nSPS) is 15.4. The molecule has 1 fully saturated rings. The van der Waals surface area contributed by atoms with Gasteiger partial charge in [-0.3, -0.25) is 4.98 Å². The van der Waals surface area contributed by atoms with Crippen LogP contribution in [-0.4, -0.2) is 36.1 Å². The molecule has 20 heavy (non-hydrogen) atoms. The molecule has 0 radical (unpaired) electrons. The second-order valence-electron chi connectivity index (χ2n) is 4.72. The monoisotopic (exact) mass is 333 g/mol. The van der Waals surface area contributed by atoms with Crippen LogP contribution in [-0.2, 0) is 0 Å². The van der Waals surface area contributed by atoms with Gasteiger partial charge in [0.2, 0.25) is 0 Å². The van der Waals surface area contributed by atoms with Crippen molar-refractivity contribution in [3.63, 3.8) is 0 Å². The maximum Gasteiger partial charge on any atom is 0.151 e. The van der Waals surface area contributed by atoms with Gasteiger partial charge in [-0.05, 0) is 34.1 Å². The molecule has 0 amide bonds. The topological polar surface area (TPSA) is 58.3 Å². The molecule has 104 valence electrons. The molecule has 3 rings (SSSR count). The Labute approximate surface area is 126 Å². The first-order chi connectivity index (χ1) is 9.75. The Morgan fingerprint density at radius 1 is 1.05 bits per heavy atom. The van der Waals surface area contributed by atoms with Crippen LogP contribution in [0.25, 0.3) is 0 Å². The maximum atomic E-state index is 5.99. The molecule has 0 aliphatic carbocycles. The van der Waals surface area contributed by atoms with Crippen LogP contribution >= 0.6 is 15.9 Å². The van der Waals surface area contributed by atoms with Crippen LogP contribution in [0.15, 0.2) is 41.3 Å². The molecule has 1 aliphatic heterocycles.